The molecule has 0 saturated heterocycles. The molecule has 102 valence electrons. The summed E-state index contributed by atoms with van der Waals surface area (Å²) in [4.78, 5) is 12.2. The highest BCUT2D eigenvalue weighted by molar-refractivity contribution is 9.10. The Kier molecular flexibility index (Phi) is 3.66. The first-order valence-corrected chi connectivity index (χ1v) is 7.99. The van der Waals surface area contributed by atoms with Crippen molar-refractivity contribution in [2.75, 3.05) is 0 Å². The lowest BCUT2D eigenvalue weighted by atomic mass is 9.84. The maximum atomic E-state index is 12.2. The molecule has 0 heterocycles. The third kappa shape index (κ3) is 2.71. The zero-order valence-electron chi connectivity index (χ0n) is 11.2. The van der Waals surface area contributed by atoms with Gasteiger partial charge in [0, 0.05) is 16.1 Å². The molecule has 19 heavy (non-hydrogen) atoms. The van der Waals surface area contributed by atoms with E-state index in [2.05, 4.69) is 28.2 Å². The average Bonchev–Trinajstić information content (AvgIpc) is 3.01. The third-order valence-electron chi connectivity index (χ3n) is 4.90. The van der Waals surface area contributed by atoms with Gasteiger partial charge in [0.2, 0.25) is 0 Å². The van der Waals surface area contributed by atoms with Crippen LogP contribution in [-0.4, -0.2) is 11.9 Å². The van der Waals surface area contributed by atoms with Crippen LogP contribution in [0.15, 0.2) is 28.7 Å². The second kappa shape index (κ2) is 5.28. The Morgan fingerprint density at radius 3 is 2.58 bits per heavy atom. The molecule has 0 spiro atoms. The molecule has 1 aromatic carbocycles. The van der Waals surface area contributed by atoms with Crippen molar-refractivity contribution in [3.05, 3.63) is 34.3 Å². The van der Waals surface area contributed by atoms with Gasteiger partial charge in [0.1, 0.15) is 0 Å². The molecule has 1 N–H and O–H groups in total. The SMILES string of the molecule is C[C@H](NC(=O)c1ccc(Br)cc1)[C@H]1C[C@@H]2CC[C@@H]1C2. The van der Waals surface area contributed by atoms with Gasteiger partial charge < -0.3 is 5.32 Å². The van der Waals surface area contributed by atoms with Crippen molar-refractivity contribution in [3.63, 3.8) is 0 Å². The van der Waals surface area contributed by atoms with Gasteiger partial charge in [-0.1, -0.05) is 22.4 Å². The van der Waals surface area contributed by atoms with Crippen molar-refractivity contribution in [2.45, 2.75) is 38.6 Å². The third-order valence-corrected chi connectivity index (χ3v) is 5.43. The van der Waals surface area contributed by atoms with E-state index in [1.165, 1.54) is 25.7 Å². The molecular formula is C16H20BrNO. The van der Waals surface area contributed by atoms with Gasteiger partial charge in [0.25, 0.3) is 5.91 Å². The lowest BCUT2D eigenvalue weighted by Gasteiger charge is -2.28. The molecule has 0 unspecified atom stereocenters. The van der Waals surface area contributed by atoms with Crippen molar-refractivity contribution in [2.24, 2.45) is 17.8 Å². The molecule has 2 saturated carbocycles. The Balaban J connectivity index is 1.61. The fraction of sp³-hybridized carbons (Fsp3) is 0.562. The summed E-state index contributed by atoms with van der Waals surface area (Å²) >= 11 is 3.39. The van der Waals surface area contributed by atoms with Gasteiger partial charge >= 0.3 is 0 Å². The van der Waals surface area contributed by atoms with Crippen molar-refractivity contribution >= 4 is 21.8 Å². The highest BCUT2D eigenvalue weighted by Crippen LogP contribution is 2.49. The molecule has 2 nitrogen and oxygen atoms in total. The van der Waals surface area contributed by atoms with E-state index in [1.54, 1.807) is 0 Å². The molecule has 4 atom stereocenters. The van der Waals surface area contributed by atoms with E-state index < -0.39 is 0 Å². The van der Waals surface area contributed by atoms with E-state index in [0.29, 0.717) is 12.0 Å². The minimum atomic E-state index is 0.0581. The van der Waals surface area contributed by atoms with E-state index in [9.17, 15) is 4.79 Å². The number of hydrogen-bond donors (Lipinski definition) is 1. The minimum absolute atomic E-state index is 0.0581. The van der Waals surface area contributed by atoms with Crippen LogP contribution in [0.1, 0.15) is 43.0 Å². The normalized spacial score (nSPS) is 30.3. The molecular weight excluding hydrogens is 302 g/mol. The van der Waals surface area contributed by atoms with Crippen molar-refractivity contribution in [1.29, 1.82) is 0 Å². The lowest BCUT2D eigenvalue weighted by molar-refractivity contribution is 0.0915. The van der Waals surface area contributed by atoms with Crippen LogP contribution in [0, 0.1) is 17.8 Å². The van der Waals surface area contributed by atoms with Crippen LogP contribution < -0.4 is 5.32 Å². The van der Waals surface area contributed by atoms with Crippen LogP contribution in [0.4, 0.5) is 0 Å². The quantitative estimate of drug-likeness (QED) is 0.895. The Labute approximate surface area is 123 Å². The summed E-state index contributed by atoms with van der Waals surface area (Å²) in [5.41, 5.74) is 0.748. The fourth-order valence-electron chi connectivity index (χ4n) is 3.90. The van der Waals surface area contributed by atoms with Gasteiger partial charge in [0.15, 0.2) is 0 Å². The maximum absolute atomic E-state index is 12.2. The molecule has 0 radical (unpaired) electrons. The number of fused-ring (bicyclic) bond motifs is 2. The number of rotatable bonds is 3. The van der Waals surface area contributed by atoms with Gasteiger partial charge in [-0.05, 0) is 68.2 Å². The first-order chi connectivity index (χ1) is 9.13. The van der Waals surface area contributed by atoms with Gasteiger partial charge in [0.05, 0.1) is 0 Å². The van der Waals surface area contributed by atoms with Crippen LogP contribution >= 0.6 is 15.9 Å². The van der Waals surface area contributed by atoms with Gasteiger partial charge in [-0.25, -0.2) is 0 Å². The van der Waals surface area contributed by atoms with Crippen LogP contribution in [0.5, 0.6) is 0 Å². The molecule has 2 aliphatic rings. The molecule has 0 aromatic heterocycles. The minimum Gasteiger partial charge on any atom is -0.349 e. The summed E-state index contributed by atoms with van der Waals surface area (Å²) in [6.45, 7) is 2.17. The first-order valence-electron chi connectivity index (χ1n) is 7.20. The van der Waals surface area contributed by atoms with Crippen LogP contribution in [0.2, 0.25) is 0 Å². The average molecular weight is 322 g/mol. The summed E-state index contributed by atoms with van der Waals surface area (Å²) < 4.78 is 1.00. The monoisotopic (exact) mass is 321 g/mol. The first kappa shape index (κ1) is 13.2. The highest BCUT2D eigenvalue weighted by Gasteiger charge is 2.42. The van der Waals surface area contributed by atoms with Crippen LogP contribution in [-0.2, 0) is 0 Å². The van der Waals surface area contributed by atoms with Crippen LogP contribution in [0.3, 0.4) is 0 Å². The number of benzene rings is 1. The molecule has 1 aromatic rings. The summed E-state index contributed by atoms with van der Waals surface area (Å²) in [6.07, 6.45) is 5.48. The second-order valence-corrected chi connectivity index (χ2v) is 7.02. The summed E-state index contributed by atoms with van der Waals surface area (Å²) in [5, 5.41) is 3.19. The molecule has 1 amide bonds. The van der Waals surface area contributed by atoms with Crippen molar-refractivity contribution in [1.82, 2.24) is 5.32 Å². The van der Waals surface area contributed by atoms with Gasteiger partial charge in [-0.2, -0.15) is 0 Å². The van der Waals surface area contributed by atoms with Gasteiger partial charge in [-0.3, -0.25) is 4.79 Å². The predicted octanol–water partition coefficient (Wildman–Crippen LogP) is 4.00. The number of carbonyl (C=O) groups is 1. The Morgan fingerprint density at radius 1 is 1.26 bits per heavy atom. The zero-order valence-corrected chi connectivity index (χ0v) is 12.8. The van der Waals surface area contributed by atoms with Crippen molar-refractivity contribution in [3.8, 4) is 0 Å². The molecule has 0 aliphatic heterocycles. The zero-order chi connectivity index (χ0) is 13.4. The van der Waals surface area contributed by atoms with E-state index in [-0.39, 0.29) is 5.91 Å². The molecule has 2 fully saturated rings. The van der Waals surface area contributed by atoms with E-state index in [4.69, 9.17) is 0 Å². The van der Waals surface area contributed by atoms with E-state index in [1.807, 2.05) is 24.3 Å². The molecule has 2 bridgehead atoms. The Morgan fingerprint density at radius 2 is 2.00 bits per heavy atom. The maximum Gasteiger partial charge on any atom is 0.251 e. The molecule has 3 rings (SSSR count). The van der Waals surface area contributed by atoms with Crippen molar-refractivity contribution < 1.29 is 4.79 Å². The fourth-order valence-corrected chi connectivity index (χ4v) is 4.17. The number of carbonyl (C=O) groups excluding carboxylic acids is 1. The van der Waals surface area contributed by atoms with E-state index >= 15 is 0 Å². The number of hydrogen-bond acceptors (Lipinski definition) is 1. The number of nitrogens with one attached hydrogen (secondary N) is 1. The Hall–Kier alpha value is -0.830. The summed E-state index contributed by atoms with van der Waals surface area (Å²) in [6, 6.07) is 7.86. The highest BCUT2D eigenvalue weighted by atomic mass is 79.9. The largest absolute Gasteiger partial charge is 0.349 e. The predicted molar refractivity (Wildman–Crippen MR) is 80.0 cm³/mol. The molecule has 2 aliphatic carbocycles. The topological polar surface area (TPSA) is 29.1 Å². The number of amides is 1. The summed E-state index contributed by atoms with van der Waals surface area (Å²) in [5.74, 6) is 2.54. The lowest BCUT2D eigenvalue weighted by Crippen LogP contribution is -2.40. The Bertz CT molecular complexity index is 470. The number of halogens is 1. The van der Waals surface area contributed by atoms with E-state index in [0.717, 1.165) is 21.9 Å². The van der Waals surface area contributed by atoms with Gasteiger partial charge in [-0.15, -0.1) is 0 Å². The summed E-state index contributed by atoms with van der Waals surface area (Å²) in [7, 11) is 0. The standard InChI is InChI=1S/C16H20BrNO/c1-10(15-9-11-2-3-13(15)8-11)18-16(19)12-4-6-14(17)7-5-12/h4-7,10-11,13,15H,2-3,8-9H2,1H3,(H,18,19)/t10-,11+,13+,15+/m0/s1. The smallest absolute Gasteiger partial charge is 0.251 e. The second-order valence-electron chi connectivity index (χ2n) is 6.11. The van der Waals surface area contributed by atoms with Crippen LogP contribution in [0.25, 0.3) is 0 Å². The molecule has 3 heteroatoms.